The molecule has 2 atom stereocenters. The number of rotatable bonds is 5. The molecule has 1 N–H and O–H groups in total. The lowest BCUT2D eigenvalue weighted by molar-refractivity contribution is 0.176. The van der Waals surface area contributed by atoms with E-state index in [2.05, 4.69) is 13.8 Å². The highest BCUT2D eigenvalue weighted by Gasteiger charge is 2.14. The van der Waals surface area contributed by atoms with Gasteiger partial charge < -0.3 is 9.52 Å². The Bertz CT molecular complexity index is 523. The number of thioether (sulfide) groups is 1. The van der Waals surface area contributed by atoms with E-state index >= 15 is 0 Å². The molecule has 0 amide bonds. The van der Waals surface area contributed by atoms with Crippen LogP contribution in [0.5, 0.6) is 0 Å². The lowest BCUT2D eigenvalue weighted by atomic mass is 10.2. The molecular weight excluding hydrogens is 268 g/mol. The van der Waals surface area contributed by atoms with Crippen LogP contribution in [-0.2, 0) is 0 Å². The predicted molar refractivity (Wildman–Crippen MR) is 78.4 cm³/mol. The molecule has 1 aromatic carbocycles. The Morgan fingerprint density at radius 1 is 1.39 bits per heavy atom. The number of halogens is 1. The minimum atomic E-state index is -0.560. The van der Waals surface area contributed by atoms with Gasteiger partial charge in [0.1, 0.15) is 17.4 Å². The van der Waals surface area contributed by atoms with Gasteiger partial charge in [-0.15, -0.1) is 0 Å². The van der Waals surface area contributed by atoms with Gasteiger partial charge in [-0.1, -0.05) is 25.4 Å². The van der Waals surface area contributed by atoms with Gasteiger partial charge in [-0.05, 0) is 30.7 Å². The second kappa shape index (κ2) is 6.00. The molecule has 4 heteroatoms. The number of aliphatic hydroxyl groups excluding tert-OH is 1. The summed E-state index contributed by atoms with van der Waals surface area (Å²) in [5.74, 6) is 1.27. The van der Waals surface area contributed by atoms with Gasteiger partial charge in [0.05, 0.1) is 0 Å². The highest BCUT2D eigenvalue weighted by Crippen LogP contribution is 2.29. The van der Waals surface area contributed by atoms with E-state index in [4.69, 9.17) is 16.0 Å². The van der Waals surface area contributed by atoms with Crippen LogP contribution in [0, 0.1) is 0 Å². The summed E-state index contributed by atoms with van der Waals surface area (Å²) in [4.78, 5) is 0. The third kappa shape index (κ3) is 3.22. The molecule has 98 valence electrons. The minimum Gasteiger partial charge on any atom is -0.458 e. The SMILES string of the molecule is CCC(C)SCC(O)c1cc2cc(Cl)ccc2o1. The molecule has 18 heavy (non-hydrogen) atoms. The van der Waals surface area contributed by atoms with Crippen LogP contribution >= 0.6 is 23.4 Å². The van der Waals surface area contributed by atoms with Crippen LogP contribution in [0.2, 0.25) is 5.02 Å². The van der Waals surface area contributed by atoms with Gasteiger partial charge in [0.15, 0.2) is 0 Å². The van der Waals surface area contributed by atoms with Gasteiger partial charge in [0, 0.05) is 21.4 Å². The summed E-state index contributed by atoms with van der Waals surface area (Å²) in [6.45, 7) is 4.31. The summed E-state index contributed by atoms with van der Waals surface area (Å²) in [5, 5.41) is 12.3. The molecule has 2 nitrogen and oxygen atoms in total. The fraction of sp³-hybridized carbons (Fsp3) is 0.429. The number of furan rings is 1. The van der Waals surface area contributed by atoms with E-state index < -0.39 is 6.10 Å². The highest BCUT2D eigenvalue weighted by atomic mass is 35.5. The first-order valence-corrected chi connectivity index (χ1v) is 7.51. The zero-order valence-corrected chi connectivity index (χ0v) is 12.1. The summed E-state index contributed by atoms with van der Waals surface area (Å²) < 4.78 is 5.63. The Hall–Kier alpha value is -0.640. The third-order valence-corrected chi connectivity index (χ3v) is 4.59. The van der Waals surface area contributed by atoms with Crippen molar-refractivity contribution < 1.29 is 9.52 Å². The average molecular weight is 285 g/mol. The quantitative estimate of drug-likeness (QED) is 0.867. The summed E-state index contributed by atoms with van der Waals surface area (Å²) in [6.07, 6.45) is 0.544. The van der Waals surface area contributed by atoms with Gasteiger partial charge in [-0.2, -0.15) is 11.8 Å². The van der Waals surface area contributed by atoms with Crippen molar-refractivity contribution in [1.29, 1.82) is 0 Å². The first kappa shape index (κ1) is 13.8. The first-order valence-electron chi connectivity index (χ1n) is 6.08. The smallest absolute Gasteiger partial charge is 0.134 e. The normalized spacial score (nSPS) is 14.9. The molecule has 2 rings (SSSR count). The molecular formula is C14H17ClO2S. The van der Waals surface area contributed by atoms with E-state index in [-0.39, 0.29) is 0 Å². The molecule has 0 saturated heterocycles. The molecule has 1 heterocycles. The monoisotopic (exact) mass is 284 g/mol. The maximum Gasteiger partial charge on any atom is 0.134 e. The molecule has 0 saturated carbocycles. The lowest BCUT2D eigenvalue weighted by Gasteiger charge is -2.11. The van der Waals surface area contributed by atoms with Crippen LogP contribution in [0.3, 0.4) is 0 Å². The van der Waals surface area contributed by atoms with Crippen molar-refractivity contribution in [1.82, 2.24) is 0 Å². The maximum absolute atomic E-state index is 10.1. The van der Waals surface area contributed by atoms with E-state index in [1.54, 1.807) is 17.8 Å². The Morgan fingerprint density at radius 2 is 2.17 bits per heavy atom. The van der Waals surface area contributed by atoms with E-state index in [9.17, 15) is 5.11 Å². The molecule has 0 fully saturated rings. The topological polar surface area (TPSA) is 33.4 Å². The van der Waals surface area contributed by atoms with E-state index in [0.29, 0.717) is 21.8 Å². The van der Waals surface area contributed by atoms with Crippen LogP contribution in [0.4, 0.5) is 0 Å². The van der Waals surface area contributed by atoms with Crippen LogP contribution in [0.25, 0.3) is 11.0 Å². The fourth-order valence-electron chi connectivity index (χ4n) is 1.65. The van der Waals surface area contributed by atoms with Crippen molar-refractivity contribution >= 4 is 34.3 Å². The van der Waals surface area contributed by atoms with Crippen molar-refractivity contribution in [3.63, 3.8) is 0 Å². The molecule has 0 aliphatic carbocycles. The van der Waals surface area contributed by atoms with E-state index in [1.807, 2.05) is 18.2 Å². The van der Waals surface area contributed by atoms with Crippen LogP contribution in [0.1, 0.15) is 32.1 Å². The largest absolute Gasteiger partial charge is 0.458 e. The molecule has 2 unspecified atom stereocenters. The van der Waals surface area contributed by atoms with Crippen molar-refractivity contribution in [3.8, 4) is 0 Å². The second-order valence-electron chi connectivity index (χ2n) is 4.40. The van der Waals surface area contributed by atoms with E-state index in [0.717, 1.165) is 17.4 Å². The van der Waals surface area contributed by atoms with Crippen LogP contribution in [0.15, 0.2) is 28.7 Å². The summed E-state index contributed by atoms with van der Waals surface area (Å²) in [7, 11) is 0. The van der Waals surface area contributed by atoms with Crippen molar-refractivity contribution in [3.05, 3.63) is 35.0 Å². The molecule has 1 aromatic heterocycles. The zero-order chi connectivity index (χ0) is 13.1. The molecule has 2 aromatic rings. The summed E-state index contributed by atoms with van der Waals surface area (Å²) in [5.41, 5.74) is 0.766. The Morgan fingerprint density at radius 3 is 2.89 bits per heavy atom. The molecule has 0 radical (unpaired) electrons. The predicted octanol–water partition coefficient (Wildman–Crippen LogP) is 4.65. The molecule has 0 spiro atoms. The Labute approximate surface area is 116 Å². The van der Waals surface area contributed by atoms with Gasteiger partial charge in [-0.3, -0.25) is 0 Å². The number of hydrogen-bond donors (Lipinski definition) is 1. The third-order valence-electron chi connectivity index (χ3n) is 2.94. The van der Waals surface area contributed by atoms with Gasteiger partial charge in [0.25, 0.3) is 0 Å². The summed E-state index contributed by atoms with van der Waals surface area (Å²) in [6, 6.07) is 7.33. The van der Waals surface area contributed by atoms with Gasteiger partial charge >= 0.3 is 0 Å². The Kier molecular flexibility index (Phi) is 4.60. The summed E-state index contributed by atoms with van der Waals surface area (Å²) >= 11 is 7.68. The number of hydrogen-bond acceptors (Lipinski definition) is 3. The van der Waals surface area contributed by atoms with Gasteiger partial charge in [-0.25, -0.2) is 0 Å². The highest BCUT2D eigenvalue weighted by molar-refractivity contribution is 7.99. The Balaban J connectivity index is 2.10. The van der Waals surface area contributed by atoms with Crippen LogP contribution in [-0.4, -0.2) is 16.1 Å². The zero-order valence-electron chi connectivity index (χ0n) is 10.5. The van der Waals surface area contributed by atoms with Crippen LogP contribution < -0.4 is 0 Å². The van der Waals surface area contributed by atoms with Gasteiger partial charge in [0.2, 0.25) is 0 Å². The molecule has 0 aliphatic heterocycles. The average Bonchev–Trinajstić information content (AvgIpc) is 2.78. The van der Waals surface area contributed by atoms with E-state index in [1.165, 1.54) is 0 Å². The number of aliphatic hydroxyl groups is 1. The maximum atomic E-state index is 10.1. The molecule has 0 aliphatic rings. The lowest BCUT2D eigenvalue weighted by Crippen LogP contribution is -2.03. The number of benzene rings is 1. The minimum absolute atomic E-state index is 0.554. The second-order valence-corrected chi connectivity index (χ2v) is 6.31. The fourth-order valence-corrected chi connectivity index (χ4v) is 2.75. The van der Waals surface area contributed by atoms with Crippen molar-refractivity contribution in [2.75, 3.05) is 5.75 Å². The standard InChI is InChI=1S/C14H17ClO2S/c1-3-9(2)18-8-12(16)14-7-10-6-11(15)4-5-13(10)17-14/h4-7,9,12,16H,3,8H2,1-2H3. The molecule has 0 bridgehead atoms. The van der Waals surface area contributed by atoms with Crippen molar-refractivity contribution in [2.45, 2.75) is 31.6 Å². The van der Waals surface area contributed by atoms with Crippen molar-refractivity contribution in [2.24, 2.45) is 0 Å². The first-order chi connectivity index (χ1) is 8.60. The number of fused-ring (bicyclic) bond motifs is 1.